The number of ether oxygens (including phenoxy) is 2. The maximum Gasteiger partial charge on any atom is 0.224 e. The zero-order chi connectivity index (χ0) is 15.9. The van der Waals surface area contributed by atoms with Crippen LogP contribution in [0.2, 0.25) is 0 Å². The summed E-state index contributed by atoms with van der Waals surface area (Å²) in [6, 6.07) is 5.46. The second kappa shape index (κ2) is 9.63. The van der Waals surface area contributed by atoms with Crippen molar-refractivity contribution in [2.45, 2.75) is 39.2 Å². The van der Waals surface area contributed by atoms with Gasteiger partial charge in [0.15, 0.2) is 0 Å². The Balaban J connectivity index is 0.00000264. The second-order valence-electron chi connectivity index (χ2n) is 5.97. The molecule has 1 saturated heterocycles. The normalized spacial score (nSPS) is 16.8. The lowest BCUT2D eigenvalue weighted by atomic mass is 10.0. The van der Waals surface area contributed by atoms with Crippen molar-refractivity contribution in [3.05, 3.63) is 18.2 Å². The lowest BCUT2D eigenvalue weighted by Crippen LogP contribution is -2.16. The van der Waals surface area contributed by atoms with Gasteiger partial charge in [-0.25, -0.2) is 0 Å². The molecule has 5 nitrogen and oxygen atoms in total. The van der Waals surface area contributed by atoms with Crippen LogP contribution in [0.25, 0.3) is 0 Å². The van der Waals surface area contributed by atoms with E-state index in [1.54, 1.807) is 13.2 Å². The van der Waals surface area contributed by atoms with E-state index >= 15 is 0 Å². The minimum Gasteiger partial charge on any atom is -0.497 e. The van der Waals surface area contributed by atoms with E-state index in [9.17, 15) is 4.79 Å². The Labute approximate surface area is 144 Å². The lowest BCUT2D eigenvalue weighted by Gasteiger charge is -2.16. The maximum absolute atomic E-state index is 12.2. The SMILES string of the molecule is COc1ccc(OC(C)C)c(NC(=O)CCC2CCNC2)c1.Cl. The van der Waals surface area contributed by atoms with Crippen molar-refractivity contribution in [2.75, 3.05) is 25.5 Å². The number of halogens is 1. The van der Waals surface area contributed by atoms with Crippen LogP contribution in [0.5, 0.6) is 11.5 Å². The summed E-state index contributed by atoms with van der Waals surface area (Å²) in [5.74, 6) is 2.01. The van der Waals surface area contributed by atoms with Crippen LogP contribution in [0, 0.1) is 5.92 Å². The topological polar surface area (TPSA) is 59.6 Å². The first kappa shape index (κ1) is 19.6. The van der Waals surface area contributed by atoms with Gasteiger partial charge in [-0.15, -0.1) is 12.4 Å². The number of anilines is 1. The minimum atomic E-state index is 0. The van der Waals surface area contributed by atoms with E-state index in [1.807, 2.05) is 26.0 Å². The molecular formula is C17H27ClN2O3. The molecule has 1 fully saturated rings. The number of carbonyl (C=O) groups is 1. The van der Waals surface area contributed by atoms with Crippen LogP contribution in [0.4, 0.5) is 5.69 Å². The molecule has 1 aliphatic heterocycles. The number of amides is 1. The number of methoxy groups -OCH3 is 1. The molecule has 1 aromatic carbocycles. The predicted octanol–water partition coefficient (Wildman–Crippen LogP) is 3.23. The highest BCUT2D eigenvalue weighted by Crippen LogP contribution is 2.30. The summed E-state index contributed by atoms with van der Waals surface area (Å²) < 4.78 is 11.0. The Kier molecular flexibility index (Phi) is 8.20. The number of nitrogens with one attached hydrogen (secondary N) is 2. The van der Waals surface area contributed by atoms with Crippen molar-refractivity contribution in [1.29, 1.82) is 0 Å². The monoisotopic (exact) mass is 342 g/mol. The molecule has 0 radical (unpaired) electrons. The van der Waals surface area contributed by atoms with Crippen molar-refractivity contribution in [1.82, 2.24) is 5.32 Å². The summed E-state index contributed by atoms with van der Waals surface area (Å²) in [7, 11) is 1.61. The number of hydrogen-bond acceptors (Lipinski definition) is 4. The number of carbonyl (C=O) groups excluding carboxylic acids is 1. The van der Waals surface area contributed by atoms with Gasteiger partial charge in [0.2, 0.25) is 5.91 Å². The van der Waals surface area contributed by atoms with Gasteiger partial charge in [0.1, 0.15) is 11.5 Å². The Morgan fingerprint density at radius 1 is 1.43 bits per heavy atom. The third kappa shape index (κ3) is 6.28. The molecule has 1 amide bonds. The molecule has 0 saturated carbocycles. The van der Waals surface area contributed by atoms with Gasteiger partial charge in [0.25, 0.3) is 0 Å². The summed E-state index contributed by atoms with van der Waals surface area (Å²) >= 11 is 0. The predicted molar refractivity (Wildman–Crippen MR) is 94.8 cm³/mol. The summed E-state index contributed by atoms with van der Waals surface area (Å²) in [5.41, 5.74) is 0.669. The van der Waals surface area contributed by atoms with Crippen LogP contribution in [-0.2, 0) is 4.79 Å². The van der Waals surface area contributed by atoms with Crippen LogP contribution in [0.1, 0.15) is 33.1 Å². The molecular weight excluding hydrogens is 316 g/mol. The molecule has 130 valence electrons. The van der Waals surface area contributed by atoms with Gasteiger partial charge in [-0.2, -0.15) is 0 Å². The van der Waals surface area contributed by atoms with Crippen molar-refractivity contribution >= 4 is 24.0 Å². The molecule has 0 aliphatic carbocycles. The molecule has 1 heterocycles. The third-order valence-electron chi connectivity index (χ3n) is 3.77. The van der Waals surface area contributed by atoms with E-state index in [0.29, 0.717) is 29.5 Å². The van der Waals surface area contributed by atoms with Crippen LogP contribution >= 0.6 is 12.4 Å². The largest absolute Gasteiger partial charge is 0.497 e. The molecule has 1 atom stereocenters. The first-order valence-corrected chi connectivity index (χ1v) is 7.93. The van der Waals surface area contributed by atoms with Crippen LogP contribution < -0.4 is 20.1 Å². The fourth-order valence-electron chi connectivity index (χ4n) is 2.60. The standard InChI is InChI=1S/C17H26N2O3.ClH/c1-12(2)22-16-6-5-14(21-3)10-15(16)19-17(20)7-4-13-8-9-18-11-13;/h5-6,10,12-13,18H,4,7-9,11H2,1-3H3,(H,19,20);1H. The van der Waals surface area contributed by atoms with Gasteiger partial charge in [-0.1, -0.05) is 0 Å². The lowest BCUT2D eigenvalue weighted by molar-refractivity contribution is -0.116. The van der Waals surface area contributed by atoms with Crippen molar-refractivity contribution in [2.24, 2.45) is 5.92 Å². The third-order valence-corrected chi connectivity index (χ3v) is 3.77. The van der Waals surface area contributed by atoms with Gasteiger partial charge in [-0.05, 0) is 57.8 Å². The highest BCUT2D eigenvalue weighted by molar-refractivity contribution is 5.92. The Hall–Kier alpha value is -1.46. The molecule has 1 aromatic rings. The van der Waals surface area contributed by atoms with Crippen molar-refractivity contribution < 1.29 is 14.3 Å². The first-order valence-electron chi connectivity index (χ1n) is 7.93. The van der Waals surface area contributed by atoms with E-state index in [2.05, 4.69) is 10.6 Å². The quantitative estimate of drug-likeness (QED) is 0.798. The van der Waals surface area contributed by atoms with Gasteiger partial charge in [0.05, 0.1) is 18.9 Å². The number of benzene rings is 1. The molecule has 0 bridgehead atoms. The van der Waals surface area contributed by atoms with E-state index in [-0.39, 0.29) is 24.4 Å². The van der Waals surface area contributed by atoms with Crippen molar-refractivity contribution in [3.8, 4) is 11.5 Å². The van der Waals surface area contributed by atoms with Gasteiger partial charge >= 0.3 is 0 Å². The Morgan fingerprint density at radius 3 is 2.83 bits per heavy atom. The highest BCUT2D eigenvalue weighted by atomic mass is 35.5. The second-order valence-corrected chi connectivity index (χ2v) is 5.97. The molecule has 2 N–H and O–H groups in total. The summed E-state index contributed by atoms with van der Waals surface area (Å²) in [5, 5.41) is 6.27. The zero-order valence-electron chi connectivity index (χ0n) is 14.1. The number of hydrogen-bond donors (Lipinski definition) is 2. The summed E-state index contributed by atoms with van der Waals surface area (Å²) in [4.78, 5) is 12.2. The molecule has 0 spiro atoms. The number of rotatable bonds is 7. The molecule has 23 heavy (non-hydrogen) atoms. The fourth-order valence-corrected chi connectivity index (χ4v) is 2.60. The fraction of sp³-hybridized carbons (Fsp3) is 0.588. The van der Waals surface area contributed by atoms with Gasteiger partial charge in [-0.3, -0.25) is 4.79 Å². The smallest absolute Gasteiger partial charge is 0.224 e. The minimum absolute atomic E-state index is 0. The summed E-state index contributed by atoms with van der Waals surface area (Å²) in [6.07, 6.45) is 2.66. The van der Waals surface area contributed by atoms with E-state index in [4.69, 9.17) is 9.47 Å². The first-order chi connectivity index (χ1) is 10.6. The van der Waals surface area contributed by atoms with Crippen LogP contribution in [0.3, 0.4) is 0 Å². The van der Waals surface area contributed by atoms with Crippen LogP contribution in [-0.4, -0.2) is 32.2 Å². The molecule has 6 heteroatoms. The molecule has 1 aliphatic rings. The zero-order valence-corrected chi connectivity index (χ0v) is 14.9. The molecule has 2 rings (SSSR count). The highest BCUT2D eigenvalue weighted by Gasteiger charge is 2.17. The van der Waals surface area contributed by atoms with Gasteiger partial charge in [0, 0.05) is 12.5 Å². The van der Waals surface area contributed by atoms with E-state index in [0.717, 1.165) is 25.9 Å². The van der Waals surface area contributed by atoms with Crippen LogP contribution in [0.15, 0.2) is 18.2 Å². The average molecular weight is 343 g/mol. The van der Waals surface area contributed by atoms with Crippen molar-refractivity contribution in [3.63, 3.8) is 0 Å². The maximum atomic E-state index is 12.2. The average Bonchev–Trinajstić information content (AvgIpc) is 3.00. The molecule has 1 unspecified atom stereocenters. The molecule has 0 aromatic heterocycles. The van der Waals surface area contributed by atoms with E-state index in [1.165, 1.54) is 0 Å². The Morgan fingerprint density at radius 2 is 2.22 bits per heavy atom. The Bertz CT molecular complexity index is 503. The van der Waals surface area contributed by atoms with E-state index < -0.39 is 0 Å². The van der Waals surface area contributed by atoms with Gasteiger partial charge < -0.3 is 20.1 Å². The summed E-state index contributed by atoms with van der Waals surface area (Å²) in [6.45, 7) is 6.01.